The van der Waals surface area contributed by atoms with Crippen LogP contribution in [-0.2, 0) is 70.8 Å². The maximum absolute atomic E-state index is 13.5. The normalized spacial score (nSPS) is 11.3. The molecule has 8 rings (SSSR count). The van der Waals surface area contributed by atoms with Gasteiger partial charge >= 0.3 is 0 Å². The number of aromatic nitrogens is 9. The number of amides is 11. The molecule has 0 saturated carbocycles. The average Bonchev–Trinajstić information content (AvgIpc) is 2.48. The fraction of sp³-hybridized carbons (Fsp3) is 0.263. The van der Waals surface area contributed by atoms with Crippen molar-refractivity contribution in [1.29, 1.82) is 0 Å². The van der Waals surface area contributed by atoms with E-state index in [9.17, 15) is 52.7 Å². The Hall–Kier alpha value is -11.7. The molecule has 0 spiro atoms. The Morgan fingerprint density at radius 1 is 0.382 bits per heavy atom. The summed E-state index contributed by atoms with van der Waals surface area (Å²) in [6.07, 6.45) is 13.8. The lowest BCUT2D eigenvalue weighted by molar-refractivity contribution is -0.118. The molecule has 0 aliphatic rings. The molecule has 0 radical (unpaired) electrons. The number of carbonyl (C=O) groups is 11. The Morgan fingerprint density at radius 3 is 1.00 bits per heavy atom. The van der Waals surface area contributed by atoms with Gasteiger partial charge in [0, 0.05) is 145 Å². The van der Waals surface area contributed by atoms with Crippen LogP contribution in [0.15, 0.2) is 98.2 Å². The van der Waals surface area contributed by atoms with Gasteiger partial charge in [0.1, 0.15) is 39.9 Å². The summed E-state index contributed by atoms with van der Waals surface area (Å²) in [5, 5.41) is 27.1. The number of nitrogens with zero attached hydrogens (tertiary/aromatic N) is 9. The van der Waals surface area contributed by atoms with E-state index < -0.39 is 71.0 Å². The van der Waals surface area contributed by atoms with Crippen LogP contribution in [0.3, 0.4) is 0 Å². The molecule has 1 atom stereocenters. The lowest BCUT2D eigenvalue weighted by Crippen LogP contribution is -2.39. The summed E-state index contributed by atoms with van der Waals surface area (Å²) >= 11 is 0. The molecule has 14 N–H and O–H groups in total. The predicted octanol–water partition coefficient (Wildman–Crippen LogP) is 1.50. The highest BCUT2D eigenvalue weighted by Crippen LogP contribution is 2.22. The molecule has 89 heavy (non-hydrogen) atoms. The summed E-state index contributed by atoms with van der Waals surface area (Å²) < 4.78 is 12.1. The van der Waals surface area contributed by atoms with Crippen LogP contribution >= 0.6 is 0 Å². The number of aryl methyl sites for hydroxylation is 8. The van der Waals surface area contributed by atoms with Crippen LogP contribution in [0.4, 0.5) is 39.8 Å². The summed E-state index contributed by atoms with van der Waals surface area (Å²) in [4.78, 5) is 146. The molecule has 0 bridgehead atoms. The van der Waals surface area contributed by atoms with Gasteiger partial charge in [0.05, 0.1) is 45.9 Å². The van der Waals surface area contributed by atoms with Crippen molar-refractivity contribution in [2.24, 2.45) is 67.8 Å². The highest BCUT2D eigenvalue weighted by molar-refractivity contribution is 6.09. The van der Waals surface area contributed by atoms with E-state index in [1.807, 2.05) is 0 Å². The summed E-state index contributed by atoms with van der Waals surface area (Å²) in [7, 11) is 13.0. The van der Waals surface area contributed by atoms with Crippen molar-refractivity contribution >= 4 is 105 Å². The standard InChI is InChI=1S/C57H67N21O11/c1-71-16-15-60-49(71)57(89)70-37-21-42(75(5)30-37)53(85)63-14-11-47(80)65-32-18-43(76(6)25-32)54(86)67-34-19-40(73(3)27-34)51(83)61-12-9-38(58)50(82)66-33-22-44(77(7)26-33)55(87)69-36-23-45(78(8)29-36)56(88)68-35-20-41(74(4)28-35)52(84)62-13-10-46(79)64-31-17-39(48(59)81)72(2)24-31/h15-30,38H,9-14,58H2,1-8H3,(H2,59,81)(H,61,83)(H,62,84)(H,63,85)(H,64,79)(H,65,80)(H,66,82)(H,67,86)(H,68,88)(H,69,87)(H,70,89)/t38-/m1/s1. The van der Waals surface area contributed by atoms with E-state index in [0.29, 0.717) is 28.4 Å². The van der Waals surface area contributed by atoms with Gasteiger partial charge in [-0.1, -0.05) is 0 Å². The predicted molar refractivity (Wildman–Crippen MR) is 326 cm³/mol. The minimum absolute atomic E-state index is 0.000832. The number of hydrogen-bond acceptors (Lipinski definition) is 13. The monoisotopic (exact) mass is 1220 g/mol. The topological polar surface area (TPSA) is 412 Å². The number of rotatable bonds is 25. The SMILES string of the molecule is Cn1cc(NC(=O)CCNC(=O)c2cc(NC(=O)c3cc(NC(=O)c4cc(NC(=O)[C@H](N)CCNC(=O)c5cc(NC(=O)c6cc(NC(=O)CCNC(=O)c7cc(NC(=O)c8nccn8C)cn7C)cn6C)cn5C)cn4C)cn3C)cn2C)cc1C(N)=O. The number of imidazole rings is 1. The molecule has 8 heterocycles. The fourth-order valence-corrected chi connectivity index (χ4v) is 9.39. The molecule has 0 fully saturated rings. The van der Waals surface area contributed by atoms with Gasteiger partial charge in [-0.05, 0) is 48.9 Å². The quantitative estimate of drug-likeness (QED) is 0.0387. The lowest BCUT2D eigenvalue weighted by Gasteiger charge is -2.12. The van der Waals surface area contributed by atoms with Crippen molar-refractivity contribution in [3.63, 3.8) is 0 Å². The molecular weight excluding hydrogens is 1150 g/mol. The van der Waals surface area contributed by atoms with Gasteiger partial charge in [-0.15, -0.1) is 0 Å². The van der Waals surface area contributed by atoms with Crippen molar-refractivity contribution in [2.75, 3.05) is 56.9 Å². The van der Waals surface area contributed by atoms with Crippen molar-refractivity contribution in [3.8, 4) is 0 Å². The highest BCUT2D eigenvalue weighted by Gasteiger charge is 2.24. The zero-order valence-corrected chi connectivity index (χ0v) is 49.7. The first-order valence-electron chi connectivity index (χ1n) is 27.4. The lowest BCUT2D eigenvalue weighted by atomic mass is 10.2. The van der Waals surface area contributed by atoms with Crippen LogP contribution in [0.1, 0.15) is 103 Å². The van der Waals surface area contributed by atoms with Gasteiger partial charge in [-0.2, -0.15) is 0 Å². The second kappa shape index (κ2) is 27.1. The fourth-order valence-electron chi connectivity index (χ4n) is 9.39. The Bertz CT molecular complexity index is 4100. The van der Waals surface area contributed by atoms with E-state index in [4.69, 9.17) is 11.5 Å². The first kappa shape index (κ1) is 63.3. The van der Waals surface area contributed by atoms with Gasteiger partial charge in [-0.25, -0.2) is 4.98 Å². The molecule has 0 aliphatic carbocycles. The van der Waals surface area contributed by atoms with E-state index in [1.54, 1.807) is 79.5 Å². The third-order valence-corrected chi connectivity index (χ3v) is 13.9. The van der Waals surface area contributed by atoms with E-state index in [2.05, 4.69) is 58.2 Å². The largest absolute Gasteiger partial charge is 0.364 e. The number of primary amides is 1. The van der Waals surface area contributed by atoms with Crippen molar-refractivity contribution in [3.05, 3.63) is 144 Å². The van der Waals surface area contributed by atoms with Crippen molar-refractivity contribution < 1.29 is 52.7 Å². The Morgan fingerprint density at radius 2 is 0.674 bits per heavy atom. The molecule has 8 aromatic rings. The van der Waals surface area contributed by atoms with Crippen molar-refractivity contribution in [1.82, 2.24) is 57.5 Å². The third-order valence-electron chi connectivity index (χ3n) is 13.9. The summed E-state index contributed by atoms with van der Waals surface area (Å²) in [5.41, 5.74) is 15.1. The second-order valence-electron chi connectivity index (χ2n) is 20.9. The second-order valence-corrected chi connectivity index (χ2v) is 20.9. The number of hydrogen-bond donors (Lipinski definition) is 12. The van der Waals surface area contributed by atoms with E-state index >= 15 is 0 Å². The van der Waals surface area contributed by atoms with Gasteiger partial charge in [0.15, 0.2) is 5.82 Å². The summed E-state index contributed by atoms with van der Waals surface area (Å²) in [6.45, 7) is -0.0129. The van der Waals surface area contributed by atoms with E-state index in [0.717, 1.165) is 0 Å². The van der Waals surface area contributed by atoms with Crippen LogP contribution in [0.2, 0.25) is 0 Å². The molecule has 0 saturated heterocycles. The molecule has 32 heteroatoms. The first-order valence-corrected chi connectivity index (χ1v) is 27.4. The van der Waals surface area contributed by atoms with Gasteiger partial charge in [-0.3, -0.25) is 52.7 Å². The van der Waals surface area contributed by atoms with Crippen LogP contribution in [0, 0.1) is 0 Å². The van der Waals surface area contributed by atoms with Crippen LogP contribution in [0.25, 0.3) is 0 Å². The Kier molecular flexibility index (Phi) is 19.3. The van der Waals surface area contributed by atoms with Crippen LogP contribution < -0.4 is 64.6 Å². The Balaban J connectivity index is 0.735. The van der Waals surface area contributed by atoms with E-state index in [1.165, 1.54) is 112 Å². The minimum Gasteiger partial charge on any atom is -0.364 e. The number of nitrogens with one attached hydrogen (secondary N) is 10. The molecule has 0 unspecified atom stereocenters. The van der Waals surface area contributed by atoms with Crippen LogP contribution in [-0.4, -0.2) is 132 Å². The molecule has 0 aromatic carbocycles. The molecule has 8 aromatic heterocycles. The third kappa shape index (κ3) is 15.6. The number of anilines is 7. The number of nitrogens with two attached hydrogens (primary N) is 2. The molecule has 466 valence electrons. The first-order chi connectivity index (χ1) is 42.2. The highest BCUT2D eigenvalue weighted by atomic mass is 16.2. The van der Waals surface area contributed by atoms with E-state index in [-0.39, 0.29) is 96.0 Å². The van der Waals surface area contributed by atoms with Crippen molar-refractivity contribution in [2.45, 2.75) is 25.3 Å². The maximum atomic E-state index is 13.5. The maximum Gasteiger partial charge on any atom is 0.291 e. The number of carbonyl (C=O) groups excluding carboxylic acids is 11. The molecule has 0 aliphatic heterocycles. The molecule has 11 amide bonds. The zero-order chi connectivity index (χ0) is 64.5. The smallest absolute Gasteiger partial charge is 0.291 e. The van der Waals surface area contributed by atoms with Gasteiger partial charge in [0.25, 0.3) is 47.3 Å². The molecular formula is C57H67N21O11. The van der Waals surface area contributed by atoms with Gasteiger partial charge in [0.2, 0.25) is 17.7 Å². The zero-order valence-electron chi connectivity index (χ0n) is 49.7. The minimum atomic E-state index is -1.08. The Labute approximate surface area is 507 Å². The summed E-state index contributed by atoms with van der Waals surface area (Å²) in [6, 6.07) is 9.17. The molecule has 32 nitrogen and oxygen atoms in total. The average molecular weight is 1220 g/mol. The van der Waals surface area contributed by atoms with Gasteiger partial charge < -0.3 is 101 Å². The summed E-state index contributed by atoms with van der Waals surface area (Å²) in [5.74, 6) is -5.43. The van der Waals surface area contributed by atoms with Crippen LogP contribution in [0.5, 0.6) is 0 Å².